The van der Waals surface area contributed by atoms with Crippen molar-refractivity contribution < 1.29 is 13.5 Å². The van der Waals surface area contributed by atoms with E-state index in [0.29, 0.717) is 16.1 Å². The number of ether oxygens (including phenoxy) is 1. The van der Waals surface area contributed by atoms with Gasteiger partial charge in [0.1, 0.15) is 5.82 Å². The Morgan fingerprint density at radius 3 is 2.67 bits per heavy atom. The van der Waals surface area contributed by atoms with Crippen molar-refractivity contribution in [3.05, 3.63) is 64.2 Å². The van der Waals surface area contributed by atoms with Crippen LogP contribution in [0.5, 0.6) is 5.75 Å². The van der Waals surface area contributed by atoms with Crippen LogP contribution in [0.25, 0.3) is 0 Å². The Morgan fingerprint density at radius 1 is 1.24 bits per heavy atom. The van der Waals surface area contributed by atoms with Gasteiger partial charge in [0, 0.05) is 16.6 Å². The Kier molecular flexibility index (Phi) is 5.15. The van der Waals surface area contributed by atoms with E-state index in [0.717, 1.165) is 0 Å². The van der Waals surface area contributed by atoms with Crippen molar-refractivity contribution in [2.24, 2.45) is 0 Å². The van der Waals surface area contributed by atoms with Gasteiger partial charge >= 0.3 is 0 Å². The summed E-state index contributed by atoms with van der Waals surface area (Å²) < 4.78 is 33.1. The van der Waals surface area contributed by atoms with E-state index in [9.17, 15) is 8.78 Å². The lowest BCUT2D eigenvalue weighted by molar-refractivity contribution is 0.382. The zero-order chi connectivity index (χ0) is 15.4. The van der Waals surface area contributed by atoms with E-state index in [4.69, 9.17) is 16.3 Å². The quantitative estimate of drug-likeness (QED) is 0.896. The van der Waals surface area contributed by atoms with Crippen LogP contribution in [0.4, 0.5) is 8.78 Å². The molecule has 0 spiro atoms. The van der Waals surface area contributed by atoms with E-state index in [2.05, 4.69) is 5.32 Å². The minimum Gasteiger partial charge on any atom is -0.494 e. The summed E-state index contributed by atoms with van der Waals surface area (Å²) in [5.41, 5.74) is 0.861. The number of likely N-dealkylation sites (N-methyl/N-ethyl adjacent to an activating group) is 1. The van der Waals surface area contributed by atoms with Gasteiger partial charge in [0.2, 0.25) is 0 Å². The third kappa shape index (κ3) is 3.52. The van der Waals surface area contributed by atoms with Crippen molar-refractivity contribution >= 4 is 11.6 Å². The van der Waals surface area contributed by atoms with Crippen molar-refractivity contribution in [3.63, 3.8) is 0 Å². The van der Waals surface area contributed by atoms with Gasteiger partial charge in [-0.25, -0.2) is 8.78 Å². The molecule has 0 aliphatic carbocycles. The van der Waals surface area contributed by atoms with Gasteiger partial charge in [-0.2, -0.15) is 0 Å². The summed E-state index contributed by atoms with van der Waals surface area (Å²) in [4.78, 5) is 0. The summed E-state index contributed by atoms with van der Waals surface area (Å²) >= 11 is 5.91. The molecule has 0 fully saturated rings. The molecule has 2 aromatic rings. The summed E-state index contributed by atoms with van der Waals surface area (Å²) in [7, 11) is 3.11. The van der Waals surface area contributed by atoms with E-state index in [1.165, 1.54) is 19.2 Å². The first-order chi connectivity index (χ1) is 10.1. The fourth-order valence-electron chi connectivity index (χ4n) is 2.24. The third-order valence-electron chi connectivity index (χ3n) is 3.37. The number of hydrogen-bond donors (Lipinski definition) is 1. The summed E-state index contributed by atoms with van der Waals surface area (Å²) in [5, 5.41) is 3.44. The molecule has 1 N–H and O–H groups in total. The molecule has 5 heteroatoms. The molecular weight excluding hydrogens is 296 g/mol. The Bertz CT molecular complexity index is 634. The highest BCUT2D eigenvalue weighted by Gasteiger charge is 2.18. The molecule has 0 saturated heterocycles. The molecule has 0 aromatic heterocycles. The normalized spacial score (nSPS) is 12.2. The van der Waals surface area contributed by atoms with Gasteiger partial charge in [0.25, 0.3) is 0 Å². The van der Waals surface area contributed by atoms with Crippen molar-refractivity contribution in [1.82, 2.24) is 5.32 Å². The number of hydrogen-bond acceptors (Lipinski definition) is 2. The van der Waals surface area contributed by atoms with Gasteiger partial charge < -0.3 is 10.1 Å². The molecule has 0 amide bonds. The van der Waals surface area contributed by atoms with Crippen LogP contribution in [-0.2, 0) is 6.42 Å². The first-order valence-electron chi connectivity index (χ1n) is 6.50. The van der Waals surface area contributed by atoms with Crippen LogP contribution < -0.4 is 10.1 Å². The third-order valence-corrected chi connectivity index (χ3v) is 3.60. The van der Waals surface area contributed by atoms with Crippen LogP contribution >= 0.6 is 11.6 Å². The van der Waals surface area contributed by atoms with Crippen molar-refractivity contribution in [3.8, 4) is 5.75 Å². The maximum absolute atomic E-state index is 14.2. The highest BCUT2D eigenvalue weighted by Crippen LogP contribution is 2.27. The van der Waals surface area contributed by atoms with Gasteiger partial charge in [-0.1, -0.05) is 23.7 Å². The standard InChI is InChI=1S/C16H16ClF2NO/c1-20-14(12-9-11(17)6-7-13(12)18)8-10-4-3-5-15(21-2)16(10)19/h3-7,9,14,20H,8H2,1-2H3. The molecule has 2 rings (SSSR count). The second-order valence-electron chi connectivity index (χ2n) is 4.64. The highest BCUT2D eigenvalue weighted by molar-refractivity contribution is 6.30. The molecule has 0 aliphatic heterocycles. The summed E-state index contributed by atoms with van der Waals surface area (Å²) in [6.45, 7) is 0. The van der Waals surface area contributed by atoms with Gasteiger partial charge in [-0.3, -0.25) is 0 Å². The highest BCUT2D eigenvalue weighted by atomic mass is 35.5. The zero-order valence-corrected chi connectivity index (χ0v) is 12.5. The van der Waals surface area contributed by atoms with Crippen LogP contribution in [0.2, 0.25) is 5.02 Å². The summed E-state index contributed by atoms with van der Waals surface area (Å²) in [5.74, 6) is -0.626. The van der Waals surface area contributed by atoms with Crippen LogP contribution in [0.1, 0.15) is 17.2 Å². The monoisotopic (exact) mass is 311 g/mol. The van der Waals surface area contributed by atoms with Crippen LogP contribution in [0.3, 0.4) is 0 Å². The van der Waals surface area contributed by atoms with E-state index < -0.39 is 5.82 Å². The zero-order valence-electron chi connectivity index (χ0n) is 11.8. The first-order valence-corrected chi connectivity index (χ1v) is 6.88. The molecule has 2 aromatic carbocycles. The molecule has 0 radical (unpaired) electrons. The fraction of sp³-hybridized carbons (Fsp3) is 0.250. The van der Waals surface area contributed by atoms with Crippen molar-refractivity contribution in [2.75, 3.05) is 14.2 Å². The Balaban J connectivity index is 2.33. The lowest BCUT2D eigenvalue weighted by Gasteiger charge is -2.18. The maximum Gasteiger partial charge on any atom is 0.168 e. The molecule has 0 saturated carbocycles. The lowest BCUT2D eigenvalue weighted by atomic mass is 9.98. The van der Waals surface area contributed by atoms with Gasteiger partial charge in [-0.15, -0.1) is 0 Å². The molecule has 2 nitrogen and oxygen atoms in total. The molecule has 0 aliphatic rings. The second-order valence-corrected chi connectivity index (χ2v) is 5.08. The summed E-state index contributed by atoms with van der Waals surface area (Å²) in [6.07, 6.45) is 0.288. The summed E-state index contributed by atoms with van der Waals surface area (Å²) in [6, 6.07) is 8.88. The molecule has 21 heavy (non-hydrogen) atoms. The molecular formula is C16H16ClF2NO. The lowest BCUT2D eigenvalue weighted by Crippen LogP contribution is -2.20. The van der Waals surface area contributed by atoms with Crippen LogP contribution in [-0.4, -0.2) is 14.2 Å². The Labute approximate surface area is 127 Å². The molecule has 1 atom stereocenters. The first kappa shape index (κ1) is 15.7. The van der Waals surface area contributed by atoms with Gasteiger partial charge in [0.05, 0.1) is 7.11 Å². The largest absolute Gasteiger partial charge is 0.494 e. The average Bonchev–Trinajstić information content (AvgIpc) is 2.49. The Morgan fingerprint density at radius 2 is 2.00 bits per heavy atom. The number of nitrogens with one attached hydrogen (secondary N) is 1. The van der Waals surface area contributed by atoms with Crippen molar-refractivity contribution in [1.29, 1.82) is 0 Å². The SMILES string of the molecule is CNC(Cc1cccc(OC)c1F)c1cc(Cl)ccc1F. The average molecular weight is 312 g/mol. The molecule has 0 heterocycles. The second kappa shape index (κ2) is 6.87. The minimum atomic E-state index is -0.428. The van der Waals surface area contributed by atoms with Gasteiger partial charge in [-0.05, 0) is 43.3 Å². The topological polar surface area (TPSA) is 21.3 Å². The van der Waals surface area contributed by atoms with Crippen LogP contribution in [0, 0.1) is 11.6 Å². The number of methoxy groups -OCH3 is 1. The smallest absolute Gasteiger partial charge is 0.168 e. The maximum atomic E-state index is 14.2. The van der Waals surface area contributed by atoms with E-state index in [-0.39, 0.29) is 24.0 Å². The van der Waals surface area contributed by atoms with E-state index >= 15 is 0 Å². The van der Waals surface area contributed by atoms with Crippen LogP contribution in [0.15, 0.2) is 36.4 Å². The van der Waals surface area contributed by atoms with Crippen molar-refractivity contribution in [2.45, 2.75) is 12.5 Å². The molecule has 1 unspecified atom stereocenters. The number of benzene rings is 2. The van der Waals surface area contributed by atoms with E-state index in [1.807, 2.05) is 0 Å². The fourth-order valence-corrected chi connectivity index (χ4v) is 2.42. The minimum absolute atomic E-state index is 0.175. The predicted molar refractivity (Wildman–Crippen MR) is 79.9 cm³/mol. The number of halogens is 3. The Hall–Kier alpha value is -1.65. The predicted octanol–water partition coefficient (Wildman–Crippen LogP) is 4.13. The van der Waals surface area contributed by atoms with E-state index in [1.54, 1.807) is 31.3 Å². The molecule has 0 bridgehead atoms. The van der Waals surface area contributed by atoms with Gasteiger partial charge in [0.15, 0.2) is 11.6 Å². The number of rotatable bonds is 5. The molecule has 112 valence electrons.